The molecule has 1 aliphatic rings. The maximum Gasteiger partial charge on any atom is 0.326 e. The molecule has 4 amide bonds. The molecular weight excluding hydrogens is 454 g/mol. The standard InChI is InChI=1S/C24H35N5O6/c1-14(2)11-16(25)21(31)27-17(13-20(26)30)22(32)28-18(12-15-7-4-3-5-8-15)23(33)29-10-6-9-19(29)24(34)35/h3-5,7-8,14,16-19H,6,9-13,25H2,1-2H3,(H2,26,30)(H,27,31)(H,28,32)(H,34,35). The summed E-state index contributed by atoms with van der Waals surface area (Å²) in [6.45, 7) is 4.04. The van der Waals surface area contributed by atoms with Crippen LogP contribution in [0.15, 0.2) is 30.3 Å². The zero-order valence-electron chi connectivity index (χ0n) is 20.1. The van der Waals surface area contributed by atoms with E-state index in [0.717, 1.165) is 5.56 Å². The third-order valence-corrected chi connectivity index (χ3v) is 5.82. The van der Waals surface area contributed by atoms with Crippen molar-refractivity contribution in [3.63, 3.8) is 0 Å². The van der Waals surface area contributed by atoms with E-state index in [2.05, 4.69) is 10.6 Å². The van der Waals surface area contributed by atoms with Crippen LogP contribution in [0, 0.1) is 5.92 Å². The molecule has 1 heterocycles. The van der Waals surface area contributed by atoms with E-state index in [1.54, 1.807) is 30.3 Å². The Morgan fingerprint density at radius 3 is 2.26 bits per heavy atom. The van der Waals surface area contributed by atoms with Crippen molar-refractivity contribution in [1.29, 1.82) is 0 Å². The van der Waals surface area contributed by atoms with Gasteiger partial charge in [-0.1, -0.05) is 44.2 Å². The van der Waals surface area contributed by atoms with Gasteiger partial charge in [-0.3, -0.25) is 19.2 Å². The number of hydrogen-bond acceptors (Lipinski definition) is 6. The summed E-state index contributed by atoms with van der Waals surface area (Å²) >= 11 is 0. The van der Waals surface area contributed by atoms with E-state index < -0.39 is 60.2 Å². The van der Waals surface area contributed by atoms with Gasteiger partial charge in [-0.15, -0.1) is 0 Å². The Hall–Kier alpha value is -3.47. The molecule has 0 radical (unpaired) electrons. The normalized spacial score (nSPS) is 17.9. The molecule has 0 aliphatic carbocycles. The molecule has 0 aromatic heterocycles. The quantitative estimate of drug-likeness (QED) is 0.262. The molecule has 7 N–H and O–H groups in total. The predicted molar refractivity (Wildman–Crippen MR) is 128 cm³/mol. The minimum atomic E-state index is -1.34. The Balaban J connectivity index is 2.24. The Morgan fingerprint density at radius 2 is 1.69 bits per heavy atom. The van der Waals surface area contributed by atoms with Crippen LogP contribution in [0.1, 0.15) is 45.1 Å². The molecule has 1 saturated heterocycles. The second kappa shape index (κ2) is 12.8. The van der Waals surface area contributed by atoms with Gasteiger partial charge in [-0.25, -0.2) is 4.79 Å². The lowest BCUT2D eigenvalue weighted by Crippen LogP contribution is -2.58. The average Bonchev–Trinajstić information content (AvgIpc) is 3.28. The van der Waals surface area contributed by atoms with Crippen molar-refractivity contribution in [2.45, 2.75) is 70.1 Å². The highest BCUT2D eigenvalue weighted by Crippen LogP contribution is 2.20. The zero-order valence-corrected chi connectivity index (χ0v) is 20.1. The highest BCUT2D eigenvalue weighted by molar-refractivity contribution is 5.96. The zero-order chi connectivity index (χ0) is 26.1. The van der Waals surface area contributed by atoms with E-state index in [9.17, 15) is 29.1 Å². The van der Waals surface area contributed by atoms with E-state index in [1.807, 2.05) is 13.8 Å². The van der Waals surface area contributed by atoms with Gasteiger partial charge in [0.05, 0.1) is 12.5 Å². The molecule has 1 aromatic carbocycles. The number of rotatable bonds is 12. The first-order valence-electron chi connectivity index (χ1n) is 11.7. The molecule has 4 unspecified atom stereocenters. The van der Waals surface area contributed by atoms with Crippen molar-refractivity contribution in [2.75, 3.05) is 6.54 Å². The summed E-state index contributed by atoms with van der Waals surface area (Å²) in [4.78, 5) is 63.4. The van der Waals surface area contributed by atoms with Crippen LogP contribution < -0.4 is 22.1 Å². The Kier molecular flexibility index (Phi) is 10.2. The lowest BCUT2D eigenvalue weighted by Gasteiger charge is -2.29. The fourth-order valence-electron chi connectivity index (χ4n) is 4.11. The molecule has 192 valence electrons. The fraction of sp³-hybridized carbons (Fsp3) is 0.542. The summed E-state index contributed by atoms with van der Waals surface area (Å²) in [5.41, 5.74) is 11.9. The summed E-state index contributed by atoms with van der Waals surface area (Å²) in [6, 6.07) is 4.60. The van der Waals surface area contributed by atoms with Gasteiger partial charge in [0.2, 0.25) is 23.6 Å². The molecular formula is C24H35N5O6. The maximum atomic E-state index is 13.3. The number of carboxylic acids is 1. The van der Waals surface area contributed by atoms with Crippen molar-refractivity contribution < 1.29 is 29.1 Å². The smallest absolute Gasteiger partial charge is 0.326 e. The van der Waals surface area contributed by atoms with Gasteiger partial charge >= 0.3 is 5.97 Å². The first kappa shape index (κ1) is 27.8. The summed E-state index contributed by atoms with van der Waals surface area (Å²) < 4.78 is 0. The predicted octanol–water partition coefficient (Wildman–Crippen LogP) is -0.477. The number of nitrogens with two attached hydrogens (primary N) is 2. The topological polar surface area (TPSA) is 185 Å². The van der Waals surface area contributed by atoms with Gasteiger partial charge in [0.1, 0.15) is 18.1 Å². The maximum absolute atomic E-state index is 13.3. The SMILES string of the molecule is CC(C)CC(N)C(=O)NC(CC(N)=O)C(=O)NC(Cc1ccccc1)C(=O)N1CCCC1C(=O)O. The molecule has 0 saturated carbocycles. The number of carbonyl (C=O) groups excluding carboxylic acids is 4. The summed E-state index contributed by atoms with van der Waals surface area (Å²) in [5, 5.41) is 14.6. The largest absolute Gasteiger partial charge is 0.480 e. The fourth-order valence-corrected chi connectivity index (χ4v) is 4.11. The van der Waals surface area contributed by atoms with Crippen LogP contribution in [0.2, 0.25) is 0 Å². The second-order valence-corrected chi connectivity index (χ2v) is 9.25. The van der Waals surface area contributed by atoms with Gasteiger partial charge in [0, 0.05) is 13.0 Å². The number of hydrogen-bond donors (Lipinski definition) is 5. The first-order valence-corrected chi connectivity index (χ1v) is 11.7. The number of amides is 4. The Bertz CT molecular complexity index is 922. The molecule has 1 aliphatic heterocycles. The van der Waals surface area contributed by atoms with Gasteiger partial charge in [0.25, 0.3) is 0 Å². The van der Waals surface area contributed by atoms with Crippen LogP contribution in [0.5, 0.6) is 0 Å². The van der Waals surface area contributed by atoms with Gasteiger partial charge < -0.3 is 32.1 Å². The third-order valence-electron chi connectivity index (χ3n) is 5.82. The van der Waals surface area contributed by atoms with Crippen molar-refractivity contribution in [1.82, 2.24) is 15.5 Å². The van der Waals surface area contributed by atoms with E-state index in [4.69, 9.17) is 11.5 Å². The number of aliphatic carboxylic acids is 1. The molecule has 0 spiro atoms. The van der Waals surface area contributed by atoms with E-state index in [0.29, 0.717) is 19.3 Å². The van der Waals surface area contributed by atoms with Crippen molar-refractivity contribution in [2.24, 2.45) is 17.4 Å². The minimum Gasteiger partial charge on any atom is -0.480 e. The molecule has 1 fully saturated rings. The van der Waals surface area contributed by atoms with Crippen LogP contribution in [0.4, 0.5) is 0 Å². The first-order chi connectivity index (χ1) is 16.5. The van der Waals surface area contributed by atoms with Crippen LogP contribution in [0.3, 0.4) is 0 Å². The molecule has 11 heteroatoms. The lowest BCUT2D eigenvalue weighted by molar-refractivity contribution is -0.149. The van der Waals surface area contributed by atoms with Crippen molar-refractivity contribution in [3.8, 4) is 0 Å². The summed E-state index contributed by atoms with van der Waals surface area (Å²) in [6.07, 6.45) is 0.833. The molecule has 1 aromatic rings. The van der Waals surface area contributed by atoms with Gasteiger partial charge in [0.15, 0.2) is 0 Å². The van der Waals surface area contributed by atoms with Gasteiger partial charge in [-0.2, -0.15) is 0 Å². The summed E-state index contributed by atoms with van der Waals surface area (Å²) in [7, 11) is 0. The van der Waals surface area contributed by atoms with Crippen LogP contribution in [0.25, 0.3) is 0 Å². The average molecular weight is 490 g/mol. The molecule has 2 rings (SSSR count). The number of carbonyl (C=O) groups is 5. The molecule has 0 bridgehead atoms. The van der Waals surface area contributed by atoms with Crippen molar-refractivity contribution >= 4 is 29.6 Å². The highest BCUT2D eigenvalue weighted by atomic mass is 16.4. The third kappa shape index (κ3) is 8.36. The number of carboxylic acid groups (broad SMARTS) is 1. The molecule has 35 heavy (non-hydrogen) atoms. The lowest BCUT2D eigenvalue weighted by atomic mass is 10.0. The van der Waals surface area contributed by atoms with Crippen LogP contribution >= 0.6 is 0 Å². The van der Waals surface area contributed by atoms with Crippen LogP contribution in [-0.4, -0.2) is 70.3 Å². The summed E-state index contributed by atoms with van der Waals surface area (Å²) in [5.74, 6) is -3.74. The van der Waals surface area contributed by atoms with Crippen LogP contribution in [-0.2, 0) is 30.4 Å². The van der Waals surface area contributed by atoms with Gasteiger partial charge in [-0.05, 0) is 30.7 Å². The van der Waals surface area contributed by atoms with E-state index >= 15 is 0 Å². The van der Waals surface area contributed by atoms with E-state index in [-0.39, 0.29) is 18.9 Å². The Labute approximate surface area is 204 Å². The number of likely N-dealkylation sites (tertiary alicyclic amines) is 1. The number of nitrogens with zero attached hydrogens (tertiary/aromatic N) is 1. The van der Waals surface area contributed by atoms with E-state index in [1.165, 1.54) is 4.90 Å². The minimum absolute atomic E-state index is 0.0956. The molecule has 11 nitrogen and oxygen atoms in total. The monoisotopic (exact) mass is 489 g/mol. The van der Waals surface area contributed by atoms with Crippen molar-refractivity contribution in [3.05, 3.63) is 35.9 Å². The number of benzene rings is 1. The highest BCUT2D eigenvalue weighted by Gasteiger charge is 2.38. The number of primary amides is 1. The Morgan fingerprint density at radius 1 is 1.06 bits per heavy atom. The number of nitrogens with one attached hydrogen (secondary N) is 2. The second-order valence-electron chi connectivity index (χ2n) is 9.25. The molecule has 4 atom stereocenters.